The van der Waals surface area contributed by atoms with E-state index in [1.807, 2.05) is 38.1 Å². The van der Waals surface area contributed by atoms with Gasteiger partial charge in [0.1, 0.15) is 5.75 Å². The lowest BCUT2D eigenvalue weighted by Gasteiger charge is -2.27. The van der Waals surface area contributed by atoms with E-state index < -0.39 is 0 Å². The smallest absolute Gasteiger partial charge is 0.224 e. The molecular weight excluding hydrogens is 390 g/mol. The van der Waals surface area contributed by atoms with Gasteiger partial charge < -0.3 is 21.1 Å². The Morgan fingerprint density at radius 3 is 2.52 bits per heavy atom. The molecule has 2 fully saturated rings. The van der Waals surface area contributed by atoms with Crippen LogP contribution in [0.2, 0.25) is 0 Å². The minimum Gasteiger partial charge on any atom is -0.494 e. The molecule has 2 aliphatic rings. The highest BCUT2D eigenvalue weighted by molar-refractivity contribution is 5.85. The zero-order valence-corrected chi connectivity index (χ0v) is 18.2. The highest BCUT2D eigenvalue weighted by Gasteiger charge is 2.48. The number of carbonyl (C=O) groups is 2. The van der Waals surface area contributed by atoms with Crippen molar-refractivity contribution in [1.29, 1.82) is 0 Å². The second-order valence-corrected chi connectivity index (χ2v) is 8.12. The number of hydrogen-bond donors (Lipinski definition) is 3. The van der Waals surface area contributed by atoms with Gasteiger partial charge >= 0.3 is 0 Å². The number of rotatable bonds is 9. The quantitative estimate of drug-likeness (QED) is 0.532. The molecule has 0 heterocycles. The van der Waals surface area contributed by atoms with Crippen LogP contribution in [0.15, 0.2) is 24.3 Å². The molecule has 2 bridgehead atoms. The van der Waals surface area contributed by atoms with Crippen molar-refractivity contribution in [3.8, 4) is 5.75 Å². The van der Waals surface area contributed by atoms with Crippen molar-refractivity contribution in [2.75, 3.05) is 13.2 Å². The van der Waals surface area contributed by atoms with Crippen LogP contribution in [-0.2, 0) is 9.59 Å². The first-order chi connectivity index (χ1) is 13.5. The summed E-state index contributed by atoms with van der Waals surface area (Å²) in [4.78, 5) is 24.6. The van der Waals surface area contributed by atoms with Gasteiger partial charge in [0.25, 0.3) is 0 Å². The number of benzene rings is 1. The first-order valence-corrected chi connectivity index (χ1v) is 10.5. The Labute approximate surface area is 179 Å². The van der Waals surface area contributed by atoms with Crippen molar-refractivity contribution in [3.05, 3.63) is 29.8 Å². The molecule has 2 saturated carbocycles. The fraction of sp³-hybridized carbons (Fsp3) is 0.636. The van der Waals surface area contributed by atoms with Gasteiger partial charge in [-0.15, -0.1) is 12.4 Å². The van der Waals surface area contributed by atoms with Crippen molar-refractivity contribution in [3.63, 3.8) is 0 Å². The number of fused-ring (bicyclic) bond motifs is 2. The van der Waals surface area contributed by atoms with Crippen LogP contribution in [-0.4, -0.2) is 31.0 Å². The molecule has 29 heavy (non-hydrogen) atoms. The molecule has 2 amide bonds. The van der Waals surface area contributed by atoms with Gasteiger partial charge in [-0.1, -0.05) is 12.1 Å². The fourth-order valence-electron chi connectivity index (χ4n) is 4.72. The van der Waals surface area contributed by atoms with E-state index in [2.05, 4.69) is 10.6 Å². The van der Waals surface area contributed by atoms with E-state index in [1.54, 1.807) is 0 Å². The molecule has 0 aromatic heterocycles. The summed E-state index contributed by atoms with van der Waals surface area (Å²) in [6.07, 6.45) is 4.42. The Balaban J connectivity index is 0.00000300. The third kappa shape index (κ3) is 5.86. The van der Waals surface area contributed by atoms with Gasteiger partial charge in [0, 0.05) is 19.0 Å². The van der Waals surface area contributed by atoms with Crippen molar-refractivity contribution in [2.24, 2.45) is 23.5 Å². The Hall–Kier alpha value is -1.79. The molecule has 5 unspecified atom stereocenters. The van der Waals surface area contributed by atoms with Crippen LogP contribution in [0.1, 0.15) is 57.6 Å². The van der Waals surface area contributed by atoms with Crippen LogP contribution < -0.4 is 21.1 Å². The molecule has 1 aromatic rings. The third-order valence-electron chi connectivity index (χ3n) is 6.23. The maximum absolute atomic E-state index is 12.4. The van der Waals surface area contributed by atoms with Crippen LogP contribution in [0.3, 0.4) is 0 Å². The Morgan fingerprint density at radius 1 is 1.21 bits per heavy atom. The minimum absolute atomic E-state index is 0. The topological polar surface area (TPSA) is 93.5 Å². The highest BCUT2D eigenvalue weighted by atomic mass is 35.5. The molecular formula is C22H34ClN3O3. The number of nitrogens with one attached hydrogen (secondary N) is 2. The molecule has 7 heteroatoms. The molecule has 0 radical (unpaired) electrons. The summed E-state index contributed by atoms with van der Waals surface area (Å²) in [5.74, 6) is 1.84. The van der Waals surface area contributed by atoms with E-state index in [9.17, 15) is 9.59 Å². The second kappa shape index (κ2) is 10.8. The number of halogens is 1. The minimum atomic E-state index is -0.0650. The zero-order chi connectivity index (χ0) is 20.1. The van der Waals surface area contributed by atoms with Crippen LogP contribution >= 0.6 is 12.4 Å². The standard InChI is InChI=1S/C22H33N3O3.ClH/c1-3-28-18-10-8-15(9-11-18)14(2)25-19(26)5-4-12-24-22(27)20-16-6-7-17(13-16)21(20)23;/h8-11,14,16-17,20-21H,3-7,12-13,23H2,1-2H3,(H,24,27)(H,25,26);1H. The Bertz CT molecular complexity index is 680. The number of ether oxygens (including phenoxy) is 1. The maximum atomic E-state index is 12.4. The van der Waals surface area contributed by atoms with E-state index in [0.29, 0.717) is 37.8 Å². The lowest BCUT2D eigenvalue weighted by atomic mass is 9.84. The lowest BCUT2D eigenvalue weighted by Crippen LogP contribution is -2.45. The normalized spacial score (nSPS) is 25.8. The molecule has 2 aliphatic carbocycles. The largest absolute Gasteiger partial charge is 0.494 e. The second-order valence-electron chi connectivity index (χ2n) is 8.12. The van der Waals surface area contributed by atoms with Crippen molar-refractivity contribution >= 4 is 24.2 Å². The van der Waals surface area contributed by atoms with Gasteiger partial charge in [0.05, 0.1) is 18.6 Å². The molecule has 162 valence electrons. The molecule has 0 spiro atoms. The number of carbonyl (C=O) groups excluding carboxylic acids is 2. The summed E-state index contributed by atoms with van der Waals surface area (Å²) < 4.78 is 5.44. The van der Waals surface area contributed by atoms with Crippen molar-refractivity contribution in [1.82, 2.24) is 10.6 Å². The number of hydrogen-bond acceptors (Lipinski definition) is 4. The molecule has 0 aliphatic heterocycles. The number of amides is 2. The van der Waals surface area contributed by atoms with Gasteiger partial charge in [-0.2, -0.15) is 0 Å². The van der Waals surface area contributed by atoms with Crippen LogP contribution in [0.5, 0.6) is 5.75 Å². The van der Waals surface area contributed by atoms with Gasteiger partial charge in [-0.3, -0.25) is 9.59 Å². The molecule has 1 aromatic carbocycles. The van der Waals surface area contributed by atoms with E-state index >= 15 is 0 Å². The first-order valence-electron chi connectivity index (χ1n) is 10.5. The highest BCUT2D eigenvalue weighted by Crippen LogP contribution is 2.47. The molecule has 3 rings (SSSR count). The van der Waals surface area contributed by atoms with E-state index in [0.717, 1.165) is 24.2 Å². The van der Waals surface area contributed by atoms with Crippen LogP contribution in [0.25, 0.3) is 0 Å². The first kappa shape index (κ1) is 23.5. The van der Waals surface area contributed by atoms with Crippen molar-refractivity contribution in [2.45, 2.75) is 58.0 Å². The summed E-state index contributed by atoms with van der Waals surface area (Å²) in [6, 6.07) is 7.71. The summed E-state index contributed by atoms with van der Waals surface area (Å²) >= 11 is 0. The van der Waals surface area contributed by atoms with Gasteiger partial charge in [-0.25, -0.2) is 0 Å². The zero-order valence-electron chi connectivity index (χ0n) is 17.4. The third-order valence-corrected chi connectivity index (χ3v) is 6.23. The Morgan fingerprint density at radius 2 is 1.90 bits per heavy atom. The average molecular weight is 424 g/mol. The number of nitrogens with two attached hydrogens (primary N) is 1. The van der Waals surface area contributed by atoms with E-state index in [-0.39, 0.29) is 42.2 Å². The fourth-order valence-corrected chi connectivity index (χ4v) is 4.72. The summed E-state index contributed by atoms with van der Waals surface area (Å²) in [5.41, 5.74) is 7.26. The molecule has 0 saturated heterocycles. The Kier molecular flexibility index (Phi) is 8.78. The van der Waals surface area contributed by atoms with Gasteiger partial charge in [0.2, 0.25) is 11.8 Å². The lowest BCUT2D eigenvalue weighted by molar-refractivity contribution is -0.127. The monoisotopic (exact) mass is 423 g/mol. The van der Waals surface area contributed by atoms with E-state index in [1.165, 1.54) is 6.42 Å². The van der Waals surface area contributed by atoms with Crippen molar-refractivity contribution < 1.29 is 14.3 Å². The maximum Gasteiger partial charge on any atom is 0.224 e. The van der Waals surface area contributed by atoms with Crippen LogP contribution in [0, 0.1) is 17.8 Å². The molecule has 6 nitrogen and oxygen atoms in total. The average Bonchev–Trinajstić information content (AvgIpc) is 3.27. The summed E-state index contributed by atoms with van der Waals surface area (Å²) in [7, 11) is 0. The molecule has 4 N–H and O–H groups in total. The van der Waals surface area contributed by atoms with Gasteiger partial charge in [-0.05, 0) is 69.1 Å². The summed E-state index contributed by atoms with van der Waals surface area (Å²) in [5, 5.41) is 5.99. The predicted octanol–water partition coefficient (Wildman–Crippen LogP) is 2.95. The molecule has 5 atom stereocenters. The van der Waals surface area contributed by atoms with Crippen LogP contribution in [0.4, 0.5) is 0 Å². The van der Waals surface area contributed by atoms with Gasteiger partial charge in [0.15, 0.2) is 0 Å². The van der Waals surface area contributed by atoms with E-state index in [4.69, 9.17) is 10.5 Å². The summed E-state index contributed by atoms with van der Waals surface area (Å²) in [6.45, 7) is 5.07. The SMILES string of the molecule is CCOc1ccc(C(C)NC(=O)CCCNC(=O)C2C3CCC(C3)C2N)cc1.Cl. The predicted molar refractivity (Wildman–Crippen MR) is 116 cm³/mol.